The number of likely N-dealkylation sites (tertiary alicyclic amines) is 1. The Morgan fingerprint density at radius 2 is 1.74 bits per heavy atom. The molecule has 3 unspecified atom stereocenters. The predicted molar refractivity (Wildman–Crippen MR) is 155 cm³/mol. The SMILES string of the molecule is Cc1cc(C(=O)N2CC3CC(C2)CN(c2nc4ccccc4s2)C3)ccc1C1=COC(Cc2ccccc2)O1. The summed E-state index contributed by atoms with van der Waals surface area (Å²) in [7, 11) is 0. The summed E-state index contributed by atoms with van der Waals surface area (Å²) in [6, 6.07) is 24.4. The van der Waals surface area contributed by atoms with Crippen LogP contribution in [0.2, 0.25) is 0 Å². The topological polar surface area (TPSA) is 54.9 Å². The van der Waals surface area contributed by atoms with Crippen molar-refractivity contribution in [2.24, 2.45) is 11.8 Å². The Hall–Kier alpha value is -3.84. The molecule has 0 N–H and O–H groups in total. The third-order valence-electron chi connectivity index (χ3n) is 7.99. The van der Waals surface area contributed by atoms with E-state index in [0.717, 1.165) is 59.3 Å². The number of hydrogen-bond acceptors (Lipinski definition) is 6. The van der Waals surface area contributed by atoms with Crippen molar-refractivity contribution in [1.82, 2.24) is 9.88 Å². The second-order valence-electron chi connectivity index (χ2n) is 10.9. The number of ether oxygens (including phenoxy) is 2. The van der Waals surface area contributed by atoms with Crippen molar-refractivity contribution in [3.63, 3.8) is 0 Å². The average Bonchev–Trinajstić information content (AvgIpc) is 3.60. The Bertz CT molecular complexity index is 1500. The lowest BCUT2D eigenvalue weighted by molar-refractivity contribution is -0.0136. The third kappa shape index (κ3) is 4.87. The minimum absolute atomic E-state index is 0.118. The van der Waals surface area contributed by atoms with Crippen molar-refractivity contribution in [1.29, 1.82) is 0 Å². The van der Waals surface area contributed by atoms with Gasteiger partial charge in [0.2, 0.25) is 6.29 Å². The largest absolute Gasteiger partial charge is 0.458 e. The van der Waals surface area contributed by atoms with Gasteiger partial charge in [-0.3, -0.25) is 4.79 Å². The highest BCUT2D eigenvalue weighted by molar-refractivity contribution is 7.22. The van der Waals surface area contributed by atoms with Crippen LogP contribution < -0.4 is 4.90 Å². The fourth-order valence-corrected chi connectivity index (χ4v) is 7.20. The van der Waals surface area contributed by atoms with Gasteiger partial charge in [0.1, 0.15) is 6.26 Å². The van der Waals surface area contributed by atoms with Crippen LogP contribution in [0, 0.1) is 18.8 Å². The molecule has 0 spiro atoms. The zero-order chi connectivity index (χ0) is 26.3. The van der Waals surface area contributed by atoms with E-state index < -0.39 is 0 Å². The first kappa shape index (κ1) is 24.2. The zero-order valence-electron chi connectivity index (χ0n) is 22.0. The monoisotopic (exact) mass is 537 g/mol. The van der Waals surface area contributed by atoms with Crippen LogP contribution in [0.3, 0.4) is 0 Å². The predicted octanol–water partition coefficient (Wildman–Crippen LogP) is 6.12. The Morgan fingerprint density at radius 3 is 2.51 bits per heavy atom. The fraction of sp³-hybridized carbons (Fsp3) is 0.312. The Morgan fingerprint density at radius 1 is 0.974 bits per heavy atom. The van der Waals surface area contributed by atoms with Crippen LogP contribution in [-0.2, 0) is 15.9 Å². The summed E-state index contributed by atoms with van der Waals surface area (Å²) in [6.45, 7) is 5.52. The third-order valence-corrected chi connectivity index (χ3v) is 9.09. The Balaban J connectivity index is 0.999. The van der Waals surface area contributed by atoms with Crippen molar-refractivity contribution in [3.05, 3.63) is 101 Å². The van der Waals surface area contributed by atoms with Gasteiger partial charge in [0.25, 0.3) is 5.91 Å². The van der Waals surface area contributed by atoms with Crippen LogP contribution in [-0.4, -0.2) is 48.3 Å². The number of anilines is 1. The minimum Gasteiger partial charge on any atom is -0.458 e. The maximum absolute atomic E-state index is 13.6. The number of thiazole rings is 1. The molecule has 3 aliphatic heterocycles. The molecule has 7 heteroatoms. The molecule has 0 aliphatic carbocycles. The number of aromatic nitrogens is 1. The van der Waals surface area contributed by atoms with Crippen molar-refractivity contribution in [2.45, 2.75) is 26.1 Å². The van der Waals surface area contributed by atoms with Crippen molar-refractivity contribution < 1.29 is 14.3 Å². The molecule has 3 aromatic carbocycles. The molecule has 0 radical (unpaired) electrons. The number of fused-ring (bicyclic) bond motifs is 3. The van der Waals surface area contributed by atoms with E-state index in [2.05, 4.69) is 40.1 Å². The summed E-state index contributed by atoms with van der Waals surface area (Å²) >= 11 is 1.77. The molecular weight excluding hydrogens is 506 g/mol. The summed E-state index contributed by atoms with van der Waals surface area (Å²) in [5, 5.41) is 1.11. The van der Waals surface area contributed by atoms with Gasteiger partial charge in [-0.2, -0.15) is 0 Å². The number of para-hydroxylation sites is 1. The van der Waals surface area contributed by atoms with Crippen molar-refractivity contribution in [3.8, 4) is 0 Å². The summed E-state index contributed by atoms with van der Waals surface area (Å²) in [6.07, 6.45) is 3.22. The van der Waals surface area contributed by atoms with E-state index in [1.54, 1.807) is 17.6 Å². The van der Waals surface area contributed by atoms with Crippen LogP contribution in [0.1, 0.15) is 33.5 Å². The fourth-order valence-electron chi connectivity index (χ4n) is 6.21. The molecule has 4 aromatic rings. The summed E-state index contributed by atoms with van der Waals surface area (Å²) in [5.41, 5.74) is 4.95. The van der Waals surface area contributed by atoms with E-state index in [1.165, 1.54) is 16.7 Å². The number of carbonyl (C=O) groups is 1. The Kier molecular flexibility index (Phi) is 6.24. The molecule has 1 aromatic heterocycles. The van der Waals surface area contributed by atoms with Gasteiger partial charge >= 0.3 is 0 Å². The molecule has 198 valence electrons. The van der Waals surface area contributed by atoms with Crippen LogP contribution in [0.15, 0.2) is 79.1 Å². The molecule has 1 amide bonds. The first-order chi connectivity index (χ1) is 19.1. The average molecular weight is 538 g/mol. The van der Waals surface area contributed by atoms with E-state index in [1.807, 2.05) is 49.4 Å². The lowest BCUT2D eigenvalue weighted by Crippen LogP contribution is -2.54. The number of amides is 1. The Labute approximate surface area is 232 Å². The molecular formula is C32H31N3O3S. The van der Waals surface area contributed by atoms with Gasteiger partial charge in [-0.1, -0.05) is 59.9 Å². The number of rotatable bonds is 5. The molecule has 39 heavy (non-hydrogen) atoms. The first-order valence-corrected chi connectivity index (χ1v) is 14.5. The molecule has 0 saturated carbocycles. The van der Waals surface area contributed by atoms with Crippen LogP contribution in [0.4, 0.5) is 5.13 Å². The van der Waals surface area contributed by atoms with E-state index >= 15 is 0 Å². The van der Waals surface area contributed by atoms with Gasteiger partial charge in [-0.05, 0) is 60.6 Å². The van der Waals surface area contributed by atoms with Crippen LogP contribution in [0.5, 0.6) is 0 Å². The molecule has 2 fully saturated rings. The molecule has 2 saturated heterocycles. The highest BCUT2D eigenvalue weighted by Gasteiger charge is 2.37. The number of aryl methyl sites for hydroxylation is 1. The van der Waals surface area contributed by atoms with Crippen LogP contribution in [0.25, 0.3) is 16.0 Å². The molecule has 2 bridgehead atoms. The maximum Gasteiger partial charge on any atom is 0.253 e. The van der Waals surface area contributed by atoms with Crippen LogP contribution >= 0.6 is 11.3 Å². The smallest absolute Gasteiger partial charge is 0.253 e. The highest BCUT2D eigenvalue weighted by Crippen LogP contribution is 2.36. The summed E-state index contributed by atoms with van der Waals surface area (Å²) in [5.74, 6) is 1.76. The molecule has 6 nitrogen and oxygen atoms in total. The quantitative estimate of drug-likeness (QED) is 0.307. The lowest BCUT2D eigenvalue weighted by atomic mass is 9.84. The summed E-state index contributed by atoms with van der Waals surface area (Å²) < 4.78 is 13.1. The number of benzene rings is 3. The highest BCUT2D eigenvalue weighted by atomic mass is 32.1. The second kappa shape index (κ2) is 10.0. The van der Waals surface area contributed by atoms with Crippen molar-refractivity contribution in [2.75, 3.05) is 31.1 Å². The number of carbonyl (C=O) groups excluding carboxylic acids is 1. The van der Waals surface area contributed by atoms with Gasteiger partial charge in [0, 0.05) is 43.7 Å². The van der Waals surface area contributed by atoms with E-state index in [4.69, 9.17) is 14.5 Å². The van der Waals surface area contributed by atoms with Gasteiger partial charge < -0.3 is 19.3 Å². The standard InChI is InChI=1S/C32H31N3O3S/c1-21-13-25(11-12-26(21)28-20-37-30(38-28)15-22-7-3-2-4-8-22)31(36)34-16-23-14-24(17-34)19-35(18-23)32-33-27-9-5-6-10-29(27)39-32/h2-13,20,23-24,30H,14-19H2,1H3. The van der Waals surface area contributed by atoms with Gasteiger partial charge in [0.05, 0.1) is 10.2 Å². The van der Waals surface area contributed by atoms with E-state index in [0.29, 0.717) is 18.3 Å². The molecule has 3 atom stereocenters. The zero-order valence-corrected chi connectivity index (χ0v) is 22.8. The lowest BCUT2D eigenvalue weighted by Gasteiger charge is -2.45. The second-order valence-corrected chi connectivity index (χ2v) is 11.9. The molecule has 7 rings (SSSR count). The first-order valence-electron chi connectivity index (χ1n) is 13.7. The molecule has 3 aliphatic rings. The van der Waals surface area contributed by atoms with Crippen molar-refractivity contribution >= 4 is 38.4 Å². The molecule has 4 heterocycles. The van der Waals surface area contributed by atoms with E-state index in [9.17, 15) is 4.79 Å². The maximum atomic E-state index is 13.6. The van der Waals surface area contributed by atoms with Gasteiger partial charge in [-0.25, -0.2) is 4.98 Å². The minimum atomic E-state index is -0.335. The van der Waals surface area contributed by atoms with E-state index in [-0.39, 0.29) is 12.2 Å². The normalized spacial score (nSPS) is 22.4. The van der Waals surface area contributed by atoms with Gasteiger partial charge in [-0.15, -0.1) is 0 Å². The number of piperidine rings is 2. The van der Waals surface area contributed by atoms with Gasteiger partial charge in [0.15, 0.2) is 10.9 Å². The number of nitrogens with zero attached hydrogens (tertiary/aromatic N) is 3. The number of hydrogen-bond donors (Lipinski definition) is 0. The summed E-state index contributed by atoms with van der Waals surface area (Å²) in [4.78, 5) is 23.0.